The monoisotopic (exact) mass is 538 g/mol. The van der Waals surface area contributed by atoms with Crippen LogP contribution in [0, 0.1) is 0 Å². The quantitative estimate of drug-likeness (QED) is 0.196. The molecule has 1 heterocycles. The fraction of sp³-hybridized carbons (Fsp3) is 0.364. The van der Waals surface area contributed by atoms with E-state index in [1.165, 1.54) is 43.2 Å². The molecule has 40 heavy (non-hydrogen) atoms. The summed E-state index contributed by atoms with van der Waals surface area (Å²) in [5.74, 6) is 0.988. The molecule has 1 aliphatic carbocycles. The van der Waals surface area contributed by atoms with Crippen molar-refractivity contribution in [3.8, 4) is 5.75 Å². The molecule has 3 aromatic carbocycles. The van der Waals surface area contributed by atoms with E-state index in [2.05, 4.69) is 63.7 Å². The number of ether oxygens (including phenoxy) is 2. The van der Waals surface area contributed by atoms with Crippen molar-refractivity contribution in [2.24, 2.45) is 0 Å². The Hall–Kier alpha value is -4.13. The Morgan fingerprint density at radius 2 is 1.62 bits per heavy atom. The van der Waals surface area contributed by atoms with E-state index >= 15 is 0 Å². The molecular weight excluding hydrogens is 500 g/mol. The van der Waals surface area contributed by atoms with Crippen molar-refractivity contribution in [3.63, 3.8) is 0 Å². The molecule has 0 spiro atoms. The Balaban J connectivity index is 1.47. The predicted octanol–water partition coefficient (Wildman–Crippen LogP) is 6.77. The van der Waals surface area contributed by atoms with Crippen molar-refractivity contribution in [2.75, 3.05) is 18.6 Å². The molecular formula is C33H38N4O3. The molecule has 0 aliphatic heterocycles. The van der Waals surface area contributed by atoms with Gasteiger partial charge in [0.2, 0.25) is 0 Å². The molecule has 0 radical (unpaired) electrons. The van der Waals surface area contributed by atoms with E-state index < -0.39 is 5.97 Å². The molecule has 0 N–H and O–H groups in total. The smallest absolute Gasteiger partial charge is 0.360 e. The molecule has 0 atom stereocenters. The summed E-state index contributed by atoms with van der Waals surface area (Å²) in [6.45, 7) is 3.69. The van der Waals surface area contributed by atoms with Crippen LogP contribution in [0.5, 0.6) is 5.75 Å². The summed E-state index contributed by atoms with van der Waals surface area (Å²) in [4.78, 5) is 15.2. The highest BCUT2D eigenvalue weighted by atomic mass is 16.5. The van der Waals surface area contributed by atoms with Crippen molar-refractivity contribution < 1.29 is 14.3 Å². The minimum Gasteiger partial charge on any atom is -0.497 e. The first-order chi connectivity index (χ1) is 19.6. The van der Waals surface area contributed by atoms with Crippen LogP contribution in [0.1, 0.15) is 77.8 Å². The van der Waals surface area contributed by atoms with Crippen molar-refractivity contribution in [1.82, 2.24) is 15.0 Å². The van der Waals surface area contributed by atoms with Crippen LogP contribution in [-0.2, 0) is 24.4 Å². The number of carbonyl (C=O) groups excluding carboxylic acids is 1. The Bertz CT molecular complexity index is 1360. The van der Waals surface area contributed by atoms with Crippen LogP contribution in [0.15, 0.2) is 78.9 Å². The van der Waals surface area contributed by atoms with Crippen LogP contribution in [0.3, 0.4) is 0 Å². The predicted molar refractivity (Wildman–Crippen MR) is 157 cm³/mol. The summed E-state index contributed by atoms with van der Waals surface area (Å²) >= 11 is 0. The van der Waals surface area contributed by atoms with Crippen LogP contribution < -0.4 is 9.64 Å². The minimum atomic E-state index is -0.453. The van der Waals surface area contributed by atoms with E-state index in [1.54, 1.807) is 14.0 Å². The van der Waals surface area contributed by atoms with E-state index in [9.17, 15) is 4.79 Å². The second-order valence-electron chi connectivity index (χ2n) is 10.4. The highest BCUT2D eigenvalue weighted by molar-refractivity contribution is 5.88. The highest BCUT2D eigenvalue weighted by Gasteiger charge is 2.24. The van der Waals surface area contributed by atoms with Crippen LogP contribution in [0.2, 0.25) is 0 Å². The summed E-state index contributed by atoms with van der Waals surface area (Å²) in [7, 11) is 1.65. The zero-order chi connectivity index (χ0) is 27.7. The van der Waals surface area contributed by atoms with Gasteiger partial charge in [0, 0.05) is 12.2 Å². The molecule has 1 aliphatic rings. The summed E-state index contributed by atoms with van der Waals surface area (Å²) < 4.78 is 12.5. The lowest BCUT2D eigenvalue weighted by Crippen LogP contribution is -2.26. The number of methoxy groups -OCH3 is 1. The fourth-order valence-corrected chi connectivity index (χ4v) is 5.49. The number of anilines is 1. The van der Waals surface area contributed by atoms with E-state index in [0.29, 0.717) is 25.6 Å². The van der Waals surface area contributed by atoms with Gasteiger partial charge in [-0.1, -0.05) is 79.1 Å². The third-order valence-corrected chi connectivity index (χ3v) is 7.69. The third kappa shape index (κ3) is 6.71. The van der Waals surface area contributed by atoms with Gasteiger partial charge in [-0.25, -0.2) is 9.48 Å². The van der Waals surface area contributed by atoms with Crippen molar-refractivity contribution in [3.05, 3.63) is 107 Å². The molecule has 7 nitrogen and oxygen atoms in total. The lowest BCUT2D eigenvalue weighted by Gasteiger charge is -2.27. The highest BCUT2D eigenvalue weighted by Crippen LogP contribution is 2.34. The first-order valence-corrected chi connectivity index (χ1v) is 14.3. The Morgan fingerprint density at radius 1 is 0.900 bits per heavy atom. The van der Waals surface area contributed by atoms with Crippen molar-refractivity contribution in [1.29, 1.82) is 0 Å². The number of aromatic nitrogens is 3. The maximum Gasteiger partial charge on any atom is 0.360 e. The van der Waals surface area contributed by atoms with Crippen molar-refractivity contribution >= 4 is 11.7 Å². The lowest BCUT2D eigenvalue weighted by molar-refractivity contribution is 0.0518. The van der Waals surface area contributed by atoms with Gasteiger partial charge in [-0.3, -0.25) is 0 Å². The Morgan fingerprint density at radius 3 is 2.30 bits per heavy atom. The Kier molecular flexibility index (Phi) is 9.11. The molecule has 1 fully saturated rings. The number of hydrogen-bond acceptors (Lipinski definition) is 6. The SMILES string of the molecule is CCOC(=O)c1nnn(Cc2ccc(OC)cc2)c1CN(Cc1ccccc1)c1ccc(C2CCCCC2)cc1. The summed E-state index contributed by atoms with van der Waals surface area (Å²) in [6, 6.07) is 27.2. The second kappa shape index (κ2) is 13.3. The van der Waals surface area contributed by atoms with Gasteiger partial charge in [0.05, 0.1) is 32.5 Å². The first kappa shape index (κ1) is 27.4. The zero-order valence-electron chi connectivity index (χ0n) is 23.5. The van der Waals surface area contributed by atoms with E-state index in [-0.39, 0.29) is 12.3 Å². The van der Waals surface area contributed by atoms with Gasteiger partial charge in [-0.15, -0.1) is 5.10 Å². The first-order valence-electron chi connectivity index (χ1n) is 14.3. The minimum absolute atomic E-state index is 0.257. The third-order valence-electron chi connectivity index (χ3n) is 7.69. The molecule has 1 saturated carbocycles. The van der Waals surface area contributed by atoms with Gasteiger partial charge in [0.15, 0.2) is 5.69 Å². The molecule has 0 bridgehead atoms. The van der Waals surface area contributed by atoms with Gasteiger partial charge in [0.1, 0.15) is 5.75 Å². The maximum absolute atomic E-state index is 12.9. The average molecular weight is 539 g/mol. The molecule has 0 unspecified atom stereocenters. The van der Waals surface area contributed by atoms with Crippen LogP contribution in [0.25, 0.3) is 0 Å². The fourth-order valence-electron chi connectivity index (χ4n) is 5.49. The maximum atomic E-state index is 12.9. The van der Waals surface area contributed by atoms with Gasteiger partial charge < -0.3 is 14.4 Å². The lowest BCUT2D eigenvalue weighted by atomic mass is 9.84. The number of benzene rings is 3. The second-order valence-corrected chi connectivity index (χ2v) is 10.4. The van der Waals surface area contributed by atoms with Crippen LogP contribution in [-0.4, -0.2) is 34.7 Å². The molecule has 0 amide bonds. The molecule has 5 rings (SSSR count). The topological polar surface area (TPSA) is 69.5 Å². The number of hydrogen-bond donors (Lipinski definition) is 0. The average Bonchev–Trinajstić information content (AvgIpc) is 3.40. The number of esters is 1. The van der Waals surface area contributed by atoms with E-state index in [1.807, 2.05) is 35.0 Å². The number of rotatable bonds is 11. The van der Waals surface area contributed by atoms with Crippen LogP contribution >= 0.6 is 0 Å². The summed E-state index contributed by atoms with van der Waals surface area (Å²) in [5, 5.41) is 8.67. The summed E-state index contributed by atoms with van der Waals surface area (Å²) in [5.41, 5.74) is 5.71. The Labute approximate surface area is 236 Å². The summed E-state index contributed by atoms with van der Waals surface area (Å²) in [6.07, 6.45) is 6.52. The number of carbonyl (C=O) groups is 1. The molecule has 208 valence electrons. The zero-order valence-corrected chi connectivity index (χ0v) is 23.5. The van der Waals surface area contributed by atoms with Gasteiger partial charge in [-0.05, 0) is 66.6 Å². The standard InChI is InChI=1S/C33H38N4O3/c1-3-40-33(38)32-31(37(35-34-32)23-26-14-20-30(39-2)21-15-26)24-36(22-25-10-6-4-7-11-25)29-18-16-28(17-19-29)27-12-8-5-9-13-27/h4,6-7,10-11,14-21,27H,3,5,8-9,12-13,22-24H2,1-2H3. The normalized spacial score (nSPS) is 13.7. The van der Waals surface area contributed by atoms with E-state index in [4.69, 9.17) is 9.47 Å². The molecule has 4 aromatic rings. The molecule has 1 aromatic heterocycles. The van der Waals surface area contributed by atoms with Gasteiger partial charge in [-0.2, -0.15) is 0 Å². The largest absolute Gasteiger partial charge is 0.497 e. The van der Waals surface area contributed by atoms with Crippen LogP contribution in [0.4, 0.5) is 5.69 Å². The number of nitrogens with zero attached hydrogens (tertiary/aromatic N) is 4. The van der Waals surface area contributed by atoms with E-state index in [0.717, 1.165) is 22.7 Å². The van der Waals surface area contributed by atoms with Crippen molar-refractivity contribution in [2.45, 2.75) is 64.6 Å². The molecule has 0 saturated heterocycles. The molecule has 7 heteroatoms. The van der Waals surface area contributed by atoms with Gasteiger partial charge >= 0.3 is 5.97 Å². The van der Waals surface area contributed by atoms with Gasteiger partial charge in [0.25, 0.3) is 0 Å².